The highest BCUT2D eigenvalue weighted by molar-refractivity contribution is 7.93. The molecule has 0 saturated carbocycles. The Balaban J connectivity index is 2.20. The van der Waals surface area contributed by atoms with E-state index in [0.717, 1.165) is 12.0 Å². The van der Waals surface area contributed by atoms with Gasteiger partial charge >= 0.3 is 0 Å². The van der Waals surface area contributed by atoms with E-state index in [1.807, 2.05) is 24.3 Å². The first-order valence-electron chi connectivity index (χ1n) is 8.28. The molecular formula is C19H23NO4S. The van der Waals surface area contributed by atoms with Crippen LogP contribution in [-0.2, 0) is 16.4 Å². The Bertz CT molecular complexity index is 869. The molecule has 1 aliphatic rings. The maximum absolute atomic E-state index is 13.5. The number of nitrogens with zero attached hydrogens (tertiary/aromatic N) is 1. The van der Waals surface area contributed by atoms with Gasteiger partial charge in [-0.3, -0.25) is 4.31 Å². The van der Waals surface area contributed by atoms with E-state index in [2.05, 4.69) is 0 Å². The summed E-state index contributed by atoms with van der Waals surface area (Å²) in [7, 11) is -2.24. The van der Waals surface area contributed by atoms with Crippen LogP contribution in [0.5, 0.6) is 5.75 Å². The van der Waals surface area contributed by atoms with E-state index >= 15 is 0 Å². The molecule has 1 atom stereocenters. The molecule has 6 heteroatoms. The van der Waals surface area contributed by atoms with Gasteiger partial charge in [0, 0.05) is 0 Å². The van der Waals surface area contributed by atoms with Gasteiger partial charge in [-0.1, -0.05) is 18.2 Å². The first-order valence-corrected chi connectivity index (χ1v) is 9.72. The number of methoxy groups -OCH3 is 1. The van der Waals surface area contributed by atoms with Crippen molar-refractivity contribution in [2.45, 2.75) is 37.6 Å². The van der Waals surface area contributed by atoms with Crippen LogP contribution in [0, 0.1) is 13.8 Å². The number of benzene rings is 2. The maximum atomic E-state index is 13.5. The smallest absolute Gasteiger partial charge is 0.265 e. The molecule has 1 heterocycles. The highest BCUT2D eigenvalue weighted by Gasteiger charge is 2.37. The molecule has 1 aliphatic heterocycles. The van der Waals surface area contributed by atoms with Gasteiger partial charge < -0.3 is 9.84 Å². The summed E-state index contributed by atoms with van der Waals surface area (Å²) in [5.41, 5.74) is 2.91. The topological polar surface area (TPSA) is 66.8 Å². The van der Waals surface area contributed by atoms with Crippen molar-refractivity contribution in [2.24, 2.45) is 0 Å². The first-order chi connectivity index (χ1) is 11.9. The summed E-state index contributed by atoms with van der Waals surface area (Å²) >= 11 is 0. The third-order valence-corrected chi connectivity index (χ3v) is 6.88. The van der Waals surface area contributed by atoms with E-state index in [-0.39, 0.29) is 11.5 Å². The predicted molar refractivity (Wildman–Crippen MR) is 97.8 cm³/mol. The minimum absolute atomic E-state index is 0.207. The molecule has 25 heavy (non-hydrogen) atoms. The van der Waals surface area contributed by atoms with Gasteiger partial charge in [-0.2, -0.15) is 0 Å². The molecule has 0 saturated heterocycles. The molecule has 0 radical (unpaired) electrons. The van der Waals surface area contributed by atoms with Crippen molar-refractivity contribution < 1.29 is 18.3 Å². The van der Waals surface area contributed by atoms with Crippen LogP contribution in [0.1, 0.15) is 23.1 Å². The van der Waals surface area contributed by atoms with E-state index in [1.165, 1.54) is 4.31 Å². The normalized spacial score (nSPS) is 17.3. The number of aryl methyl sites for hydroxylation is 3. The van der Waals surface area contributed by atoms with Crippen LogP contribution in [0.15, 0.2) is 41.3 Å². The summed E-state index contributed by atoms with van der Waals surface area (Å²) in [6, 6.07) is 10.5. The zero-order valence-electron chi connectivity index (χ0n) is 14.7. The zero-order valence-corrected chi connectivity index (χ0v) is 15.5. The van der Waals surface area contributed by atoms with E-state index in [1.54, 1.807) is 33.1 Å². The van der Waals surface area contributed by atoms with Crippen molar-refractivity contribution in [2.75, 3.05) is 18.0 Å². The number of rotatable bonds is 4. The van der Waals surface area contributed by atoms with Gasteiger partial charge in [-0.15, -0.1) is 0 Å². The van der Waals surface area contributed by atoms with Gasteiger partial charge in [0.05, 0.1) is 30.3 Å². The fraction of sp³-hybridized carbons (Fsp3) is 0.368. The fourth-order valence-corrected chi connectivity index (χ4v) is 5.73. The summed E-state index contributed by atoms with van der Waals surface area (Å²) < 4.78 is 33.7. The Labute approximate surface area is 148 Å². The van der Waals surface area contributed by atoms with Crippen LogP contribution in [0.2, 0.25) is 0 Å². The molecule has 2 aromatic rings. The number of ether oxygens (including phenoxy) is 1. The molecule has 0 spiro atoms. The van der Waals surface area contributed by atoms with Gasteiger partial charge in [-0.05, 0) is 61.6 Å². The lowest BCUT2D eigenvalue weighted by Gasteiger charge is -2.37. The highest BCUT2D eigenvalue weighted by atomic mass is 32.2. The average molecular weight is 361 g/mol. The maximum Gasteiger partial charge on any atom is 0.265 e. The quantitative estimate of drug-likeness (QED) is 0.909. The summed E-state index contributed by atoms with van der Waals surface area (Å²) in [5, 5.41) is 9.79. The number of hydrogen-bond donors (Lipinski definition) is 1. The largest absolute Gasteiger partial charge is 0.497 e. The molecule has 0 unspecified atom stereocenters. The van der Waals surface area contributed by atoms with E-state index in [4.69, 9.17) is 4.74 Å². The number of sulfonamides is 1. The van der Waals surface area contributed by atoms with Crippen LogP contribution >= 0.6 is 0 Å². The number of anilines is 1. The minimum Gasteiger partial charge on any atom is -0.497 e. The number of para-hydroxylation sites is 1. The molecule has 1 N–H and O–H groups in total. The van der Waals surface area contributed by atoms with Gasteiger partial charge in [0.15, 0.2) is 0 Å². The van der Waals surface area contributed by atoms with E-state index in [0.29, 0.717) is 29.0 Å². The molecule has 0 aromatic heterocycles. The van der Waals surface area contributed by atoms with Crippen LogP contribution in [0.3, 0.4) is 0 Å². The zero-order chi connectivity index (χ0) is 18.2. The van der Waals surface area contributed by atoms with E-state index in [9.17, 15) is 13.5 Å². The molecule has 0 amide bonds. The third kappa shape index (κ3) is 3.00. The number of aliphatic hydroxyl groups excluding tert-OH is 1. The molecule has 0 fully saturated rings. The van der Waals surface area contributed by atoms with Crippen molar-refractivity contribution in [1.29, 1.82) is 0 Å². The molecule has 5 nitrogen and oxygen atoms in total. The standard InChI is InChI=1S/C19H23NO4S/c1-13-10-17(24-3)11-14(2)19(13)25(22,23)20-16(12-21)9-8-15-6-4-5-7-18(15)20/h4-7,10-11,16,21H,8-9,12H2,1-3H3/t16-/m0/s1. The van der Waals surface area contributed by atoms with Gasteiger partial charge in [-0.25, -0.2) is 8.42 Å². The SMILES string of the molecule is COc1cc(C)c(S(=O)(=O)N2c3ccccc3CC[C@H]2CO)c(C)c1. The Hall–Kier alpha value is -2.05. The van der Waals surface area contributed by atoms with Crippen LogP contribution in [0.4, 0.5) is 5.69 Å². The van der Waals surface area contributed by atoms with Crippen molar-refractivity contribution in [3.8, 4) is 5.75 Å². The highest BCUT2D eigenvalue weighted by Crippen LogP contribution is 2.37. The second kappa shape index (κ2) is 6.69. The first kappa shape index (κ1) is 17.8. The lowest BCUT2D eigenvalue weighted by atomic mass is 9.99. The lowest BCUT2D eigenvalue weighted by molar-refractivity contribution is 0.258. The summed E-state index contributed by atoms with van der Waals surface area (Å²) in [5.74, 6) is 0.631. The molecule has 0 bridgehead atoms. The number of aliphatic hydroxyl groups is 1. The van der Waals surface area contributed by atoms with Crippen LogP contribution in [-0.4, -0.2) is 33.3 Å². The molecule has 2 aromatic carbocycles. The Kier molecular flexibility index (Phi) is 4.75. The fourth-order valence-electron chi connectivity index (χ4n) is 3.60. The second-order valence-corrected chi connectivity index (χ2v) is 8.15. The number of fused-ring (bicyclic) bond motifs is 1. The lowest BCUT2D eigenvalue weighted by Crippen LogP contribution is -2.46. The summed E-state index contributed by atoms with van der Waals surface area (Å²) in [4.78, 5) is 0.281. The van der Waals surface area contributed by atoms with Crippen molar-refractivity contribution in [3.05, 3.63) is 53.1 Å². The molecule has 3 rings (SSSR count). The molecule has 0 aliphatic carbocycles. The van der Waals surface area contributed by atoms with Crippen molar-refractivity contribution in [3.63, 3.8) is 0 Å². The van der Waals surface area contributed by atoms with E-state index < -0.39 is 16.1 Å². The van der Waals surface area contributed by atoms with Gasteiger partial charge in [0.2, 0.25) is 0 Å². The summed E-state index contributed by atoms with van der Waals surface area (Å²) in [6.45, 7) is 3.33. The average Bonchev–Trinajstić information content (AvgIpc) is 2.59. The third-order valence-electron chi connectivity index (χ3n) is 4.70. The predicted octanol–water partition coefficient (Wildman–Crippen LogP) is 2.81. The minimum atomic E-state index is -3.81. The van der Waals surface area contributed by atoms with Crippen LogP contribution < -0.4 is 9.04 Å². The Morgan fingerprint density at radius 1 is 1.20 bits per heavy atom. The van der Waals surface area contributed by atoms with Gasteiger partial charge in [0.25, 0.3) is 10.0 Å². The molecule has 134 valence electrons. The molecular weight excluding hydrogens is 338 g/mol. The second-order valence-electron chi connectivity index (χ2n) is 6.39. The van der Waals surface area contributed by atoms with Crippen molar-refractivity contribution >= 4 is 15.7 Å². The Morgan fingerprint density at radius 2 is 1.84 bits per heavy atom. The van der Waals surface area contributed by atoms with Crippen LogP contribution in [0.25, 0.3) is 0 Å². The van der Waals surface area contributed by atoms with Gasteiger partial charge in [0.1, 0.15) is 5.75 Å². The van der Waals surface area contributed by atoms with Crippen molar-refractivity contribution in [1.82, 2.24) is 0 Å². The summed E-state index contributed by atoms with van der Waals surface area (Å²) in [6.07, 6.45) is 1.36. The Morgan fingerprint density at radius 3 is 2.44 bits per heavy atom. The number of hydrogen-bond acceptors (Lipinski definition) is 4. The monoisotopic (exact) mass is 361 g/mol.